The van der Waals surface area contributed by atoms with Gasteiger partial charge in [0.05, 0.1) is 6.61 Å². The third-order valence-corrected chi connectivity index (χ3v) is 2.44. The van der Waals surface area contributed by atoms with E-state index in [-0.39, 0.29) is 0 Å². The van der Waals surface area contributed by atoms with Crippen LogP contribution in [0.25, 0.3) is 10.8 Å². The second-order valence-corrected chi connectivity index (χ2v) is 3.57. The maximum absolute atomic E-state index is 5.13. The van der Waals surface area contributed by atoms with Gasteiger partial charge in [-0.05, 0) is 34.9 Å². The first-order chi connectivity index (χ1) is 6.81. The molecule has 0 bridgehead atoms. The van der Waals surface area contributed by atoms with Crippen LogP contribution in [0.5, 0.6) is 0 Å². The molecule has 0 amide bonds. The van der Waals surface area contributed by atoms with Crippen molar-refractivity contribution in [3.05, 3.63) is 47.5 Å². The minimum absolute atomic E-state index is 0.686. The van der Waals surface area contributed by atoms with Crippen molar-refractivity contribution in [2.75, 3.05) is 7.11 Å². The van der Waals surface area contributed by atoms with E-state index in [1.165, 1.54) is 21.9 Å². The fourth-order valence-electron chi connectivity index (χ4n) is 1.83. The molecule has 1 heteroatoms. The molecule has 2 rings (SSSR count). The van der Waals surface area contributed by atoms with Crippen molar-refractivity contribution in [3.63, 3.8) is 0 Å². The quantitative estimate of drug-likeness (QED) is 0.699. The number of benzene rings is 2. The molecule has 0 radical (unpaired) electrons. The van der Waals surface area contributed by atoms with E-state index in [1.54, 1.807) is 7.11 Å². The normalized spacial score (nSPS) is 10.7. The van der Waals surface area contributed by atoms with Gasteiger partial charge in [0.1, 0.15) is 0 Å². The van der Waals surface area contributed by atoms with Gasteiger partial charge in [0, 0.05) is 7.11 Å². The minimum Gasteiger partial charge on any atom is -0.380 e. The molecule has 0 saturated heterocycles. The molecule has 72 valence electrons. The summed E-state index contributed by atoms with van der Waals surface area (Å²) in [5, 5.41) is 2.62. The van der Waals surface area contributed by atoms with E-state index in [1.807, 2.05) is 0 Å². The van der Waals surface area contributed by atoms with Crippen LogP contribution in [0.4, 0.5) is 0 Å². The zero-order valence-corrected chi connectivity index (χ0v) is 8.58. The highest BCUT2D eigenvalue weighted by Crippen LogP contribution is 2.20. The van der Waals surface area contributed by atoms with E-state index in [0.29, 0.717) is 6.61 Å². The largest absolute Gasteiger partial charge is 0.380 e. The number of hydrogen-bond donors (Lipinski definition) is 0. The number of hydrogen-bond acceptors (Lipinski definition) is 1. The predicted octanol–water partition coefficient (Wildman–Crippen LogP) is 3.29. The van der Waals surface area contributed by atoms with Gasteiger partial charge in [-0.3, -0.25) is 0 Å². The number of fused-ring (bicyclic) bond motifs is 1. The van der Waals surface area contributed by atoms with Gasteiger partial charge in [0.15, 0.2) is 0 Å². The Morgan fingerprint density at radius 1 is 1.14 bits per heavy atom. The summed E-state index contributed by atoms with van der Waals surface area (Å²) in [5.41, 5.74) is 2.55. The summed E-state index contributed by atoms with van der Waals surface area (Å²) in [5.74, 6) is 0. The van der Waals surface area contributed by atoms with E-state index in [4.69, 9.17) is 4.74 Å². The molecule has 2 aromatic carbocycles. The zero-order valence-electron chi connectivity index (χ0n) is 8.58. The van der Waals surface area contributed by atoms with Crippen molar-refractivity contribution in [2.45, 2.75) is 13.5 Å². The lowest BCUT2D eigenvalue weighted by Gasteiger charge is -2.06. The lowest BCUT2D eigenvalue weighted by molar-refractivity contribution is 0.185. The lowest BCUT2D eigenvalue weighted by atomic mass is 10.0. The number of rotatable bonds is 2. The molecule has 0 atom stereocenters. The summed E-state index contributed by atoms with van der Waals surface area (Å²) in [6.07, 6.45) is 0. The molecule has 1 nitrogen and oxygen atoms in total. The number of ether oxygens (including phenoxy) is 1. The van der Waals surface area contributed by atoms with Crippen LogP contribution in [-0.4, -0.2) is 7.11 Å². The van der Waals surface area contributed by atoms with Crippen LogP contribution in [0, 0.1) is 6.92 Å². The van der Waals surface area contributed by atoms with Crippen LogP contribution in [0.15, 0.2) is 36.4 Å². The van der Waals surface area contributed by atoms with Crippen molar-refractivity contribution in [3.8, 4) is 0 Å². The van der Waals surface area contributed by atoms with E-state index < -0.39 is 0 Å². The van der Waals surface area contributed by atoms with E-state index in [9.17, 15) is 0 Å². The summed E-state index contributed by atoms with van der Waals surface area (Å²) < 4.78 is 5.13. The molecular formula is C13H14O. The highest BCUT2D eigenvalue weighted by Gasteiger charge is 1.99. The molecule has 0 unspecified atom stereocenters. The Morgan fingerprint density at radius 2 is 1.93 bits per heavy atom. The first kappa shape index (κ1) is 9.22. The van der Waals surface area contributed by atoms with Gasteiger partial charge >= 0.3 is 0 Å². The second kappa shape index (κ2) is 3.81. The van der Waals surface area contributed by atoms with Crippen LogP contribution >= 0.6 is 0 Å². The molecular weight excluding hydrogens is 172 g/mol. The van der Waals surface area contributed by atoms with Crippen molar-refractivity contribution in [2.24, 2.45) is 0 Å². The Balaban J connectivity index is 2.60. The number of aryl methyl sites for hydroxylation is 1. The third-order valence-electron chi connectivity index (χ3n) is 2.44. The third kappa shape index (κ3) is 1.64. The second-order valence-electron chi connectivity index (χ2n) is 3.57. The van der Waals surface area contributed by atoms with Crippen molar-refractivity contribution < 1.29 is 4.74 Å². The molecule has 0 N–H and O–H groups in total. The van der Waals surface area contributed by atoms with Gasteiger partial charge in [-0.1, -0.05) is 30.3 Å². The Kier molecular flexibility index (Phi) is 2.51. The molecule has 14 heavy (non-hydrogen) atoms. The first-order valence-electron chi connectivity index (χ1n) is 4.78. The Hall–Kier alpha value is -1.34. The van der Waals surface area contributed by atoms with Gasteiger partial charge in [-0.25, -0.2) is 0 Å². The summed E-state index contributed by atoms with van der Waals surface area (Å²) in [6, 6.07) is 12.8. The van der Waals surface area contributed by atoms with E-state index in [2.05, 4.69) is 43.3 Å². The van der Waals surface area contributed by atoms with Gasteiger partial charge < -0.3 is 4.74 Å². The van der Waals surface area contributed by atoms with Crippen LogP contribution in [-0.2, 0) is 11.3 Å². The number of methoxy groups -OCH3 is 1. The van der Waals surface area contributed by atoms with Crippen LogP contribution in [0.3, 0.4) is 0 Å². The minimum atomic E-state index is 0.686. The standard InChI is InChI=1S/C13H14O/c1-10-7-11(9-14-2)8-12-5-3-4-6-13(10)12/h3-8H,9H2,1-2H3. The fourth-order valence-corrected chi connectivity index (χ4v) is 1.83. The first-order valence-corrected chi connectivity index (χ1v) is 4.78. The van der Waals surface area contributed by atoms with Crippen molar-refractivity contribution >= 4 is 10.8 Å². The van der Waals surface area contributed by atoms with Gasteiger partial charge in [-0.2, -0.15) is 0 Å². The predicted molar refractivity (Wildman–Crippen MR) is 59.4 cm³/mol. The zero-order chi connectivity index (χ0) is 9.97. The Bertz CT molecular complexity index is 446. The van der Waals surface area contributed by atoms with E-state index in [0.717, 1.165) is 0 Å². The Morgan fingerprint density at radius 3 is 2.71 bits per heavy atom. The van der Waals surface area contributed by atoms with Crippen molar-refractivity contribution in [1.82, 2.24) is 0 Å². The topological polar surface area (TPSA) is 9.23 Å². The summed E-state index contributed by atoms with van der Waals surface area (Å²) >= 11 is 0. The van der Waals surface area contributed by atoms with Crippen LogP contribution < -0.4 is 0 Å². The molecule has 0 saturated carbocycles. The SMILES string of the molecule is COCc1cc(C)c2ccccc2c1. The van der Waals surface area contributed by atoms with Crippen LogP contribution in [0.2, 0.25) is 0 Å². The monoisotopic (exact) mass is 186 g/mol. The van der Waals surface area contributed by atoms with E-state index >= 15 is 0 Å². The lowest BCUT2D eigenvalue weighted by Crippen LogP contribution is -1.89. The summed E-state index contributed by atoms with van der Waals surface area (Å²) in [7, 11) is 1.73. The van der Waals surface area contributed by atoms with Crippen LogP contribution in [0.1, 0.15) is 11.1 Å². The molecule has 0 fully saturated rings. The highest BCUT2D eigenvalue weighted by atomic mass is 16.5. The molecule has 0 aromatic heterocycles. The van der Waals surface area contributed by atoms with Crippen molar-refractivity contribution in [1.29, 1.82) is 0 Å². The maximum atomic E-state index is 5.13. The molecule has 0 aliphatic rings. The summed E-state index contributed by atoms with van der Waals surface area (Å²) in [4.78, 5) is 0. The summed E-state index contributed by atoms with van der Waals surface area (Å²) in [6.45, 7) is 2.83. The highest BCUT2D eigenvalue weighted by molar-refractivity contribution is 5.86. The fraction of sp³-hybridized carbons (Fsp3) is 0.231. The Labute approximate surface area is 84.3 Å². The van der Waals surface area contributed by atoms with Gasteiger partial charge in [0.2, 0.25) is 0 Å². The molecule has 0 aliphatic heterocycles. The molecule has 2 aromatic rings. The molecule has 0 heterocycles. The maximum Gasteiger partial charge on any atom is 0.0713 e. The van der Waals surface area contributed by atoms with Gasteiger partial charge in [0.25, 0.3) is 0 Å². The average Bonchev–Trinajstić information content (AvgIpc) is 2.18. The average molecular weight is 186 g/mol. The van der Waals surface area contributed by atoms with Gasteiger partial charge in [-0.15, -0.1) is 0 Å². The smallest absolute Gasteiger partial charge is 0.0713 e. The molecule has 0 aliphatic carbocycles. The molecule has 0 spiro atoms.